The predicted octanol–water partition coefficient (Wildman–Crippen LogP) is 2.40. The molecule has 0 spiro atoms. The van der Waals surface area contributed by atoms with Crippen molar-refractivity contribution in [1.82, 2.24) is 0 Å². The van der Waals surface area contributed by atoms with Gasteiger partial charge in [0.05, 0.1) is 27.7 Å². The summed E-state index contributed by atoms with van der Waals surface area (Å²) in [5.74, 6) is 0. The lowest BCUT2D eigenvalue weighted by Gasteiger charge is -2.23. The maximum absolute atomic E-state index is 2.29. The highest BCUT2D eigenvalue weighted by Crippen LogP contribution is 2.12. The Morgan fingerprint density at radius 1 is 0.526 bits per heavy atom. The Hall–Kier alpha value is 0.690. The molecule has 0 aromatic carbocycles. The minimum absolute atomic E-state index is 0. The Morgan fingerprint density at radius 3 is 1.16 bits per heavy atom. The highest BCUT2D eigenvalue weighted by molar-refractivity contribution is 4.48. The summed E-state index contributed by atoms with van der Waals surface area (Å²) in [5.41, 5.74) is 0. The van der Waals surface area contributed by atoms with Crippen molar-refractivity contribution < 1.29 is 28.5 Å². The van der Waals surface area contributed by atoms with Crippen molar-refractivity contribution in [3.8, 4) is 0 Å². The molecule has 0 N–H and O–H groups in total. The Morgan fingerprint density at radius 2 is 0.842 bits per heavy atom. The van der Waals surface area contributed by atoms with Gasteiger partial charge >= 0.3 is 0 Å². The number of quaternary nitrogens is 1. The second kappa shape index (κ2) is 15.1. The quantitative estimate of drug-likeness (QED) is 0.260. The summed E-state index contributed by atoms with van der Waals surface area (Å²) < 4.78 is 1.12. The molecule has 0 saturated carbocycles. The van der Waals surface area contributed by atoms with Gasteiger partial charge in [-0.05, 0) is 12.8 Å². The molecule has 0 aliphatic rings. The first-order valence-electron chi connectivity index (χ1n) is 8.36. The summed E-state index contributed by atoms with van der Waals surface area (Å²) in [7, 11) is 6.87. The molecule has 0 heterocycles. The first-order valence-corrected chi connectivity index (χ1v) is 8.36. The topological polar surface area (TPSA) is 0 Å². The predicted molar refractivity (Wildman–Crippen MR) is 84.0 cm³/mol. The van der Waals surface area contributed by atoms with Crippen LogP contribution in [0.3, 0.4) is 0 Å². The third-order valence-corrected chi connectivity index (χ3v) is 3.68. The highest BCUT2D eigenvalue weighted by Gasteiger charge is 2.04. The summed E-state index contributed by atoms with van der Waals surface area (Å²) in [6.07, 6.45) is 17.4. The van der Waals surface area contributed by atoms with Crippen LogP contribution in [0.2, 0.25) is 0 Å². The van der Waals surface area contributed by atoms with Crippen LogP contribution in [-0.4, -0.2) is 32.2 Å². The van der Waals surface area contributed by atoms with Crippen LogP contribution in [0.15, 0.2) is 0 Å². The van der Waals surface area contributed by atoms with Crippen molar-refractivity contribution in [3.05, 3.63) is 0 Å². The SMILES string of the molecule is CCCCCCCCCCCCCC[N+](C)(C)C.[I-]. The van der Waals surface area contributed by atoms with Gasteiger partial charge < -0.3 is 28.5 Å². The maximum Gasteiger partial charge on any atom is 0.0780 e. The van der Waals surface area contributed by atoms with Gasteiger partial charge in [0.25, 0.3) is 0 Å². The molecule has 0 rings (SSSR count). The molecule has 0 aliphatic carbocycles. The zero-order chi connectivity index (χ0) is 13.7. The van der Waals surface area contributed by atoms with Gasteiger partial charge in [-0.25, -0.2) is 0 Å². The van der Waals surface area contributed by atoms with Gasteiger partial charge in [0.1, 0.15) is 0 Å². The van der Waals surface area contributed by atoms with E-state index >= 15 is 0 Å². The van der Waals surface area contributed by atoms with Crippen molar-refractivity contribution in [1.29, 1.82) is 0 Å². The molecule has 0 aliphatic heterocycles. The van der Waals surface area contributed by atoms with E-state index in [1.54, 1.807) is 0 Å². The van der Waals surface area contributed by atoms with Crippen LogP contribution in [0.4, 0.5) is 0 Å². The minimum Gasteiger partial charge on any atom is -1.00 e. The fourth-order valence-electron chi connectivity index (χ4n) is 2.43. The summed E-state index contributed by atoms with van der Waals surface area (Å²) in [4.78, 5) is 0. The average Bonchev–Trinajstić information content (AvgIpc) is 2.29. The molecule has 0 amide bonds. The fraction of sp³-hybridized carbons (Fsp3) is 1.00. The van der Waals surface area contributed by atoms with Crippen molar-refractivity contribution in [3.63, 3.8) is 0 Å². The van der Waals surface area contributed by atoms with E-state index in [1.807, 2.05) is 0 Å². The first-order chi connectivity index (χ1) is 8.56. The number of unbranched alkanes of at least 4 members (excludes halogenated alkanes) is 11. The van der Waals surface area contributed by atoms with Gasteiger partial charge in [0, 0.05) is 0 Å². The third-order valence-electron chi connectivity index (χ3n) is 3.68. The number of rotatable bonds is 13. The smallest absolute Gasteiger partial charge is 0.0780 e. The first kappa shape index (κ1) is 22.0. The van der Waals surface area contributed by atoms with Crippen LogP contribution >= 0.6 is 0 Å². The van der Waals surface area contributed by atoms with Gasteiger partial charge in [-0.15, -0.1) is 0 Å². The molecule has 118 valence electrons. The second-order valence-electron chi connectivity index (χ2n) is 6.90. The van der Waals surface area contributed by atoms with Gasteiger partial charge in [0.2, 0.25) is 0 Å². The molecular formula is C17H38IN. The van der Waals surface area contributed by atoms with Crippen LogP contribution in [0.5, 0.6) is 0 Å². The van der Waals surface area contributed by atoms with Gasteiger partial charge in [-0.2, -0.15) is 0 Å². The second-order valence-corrected chi connectivity index (χ2v) is 6.90. The lowest BCUT2D eigenvalue weighted by atomic mass is 10.1. The van der Waals surface area contributed by atoms with E-state index in [1.165, 1.54) is 83.6 Å². The number of nitrogens with zero attached hydrogens (tertiary/aromatic N) is 1. The van der Waals surface area contributed by atoms with E-state index in [-0.39, 0.29) is 24.0 Å². The third kappa shape index (κ3) is 21.1. The van der Waals surface area contributed by atoms with Crippen molar-refractivity contribution >= 4 is 0 Å². The summed E-state index contributed by atoms with van der Waals surface area (Å²) in [6.45, 7) is 3.62. The van der Waals surface area contributed by atoms with Crippen molar-refractivity contribution in [2.24, 2.45) is 0 Å². The molecule has 2 heteroatoms. The van der Waals surface area contributed by atoms with E-state index in [0.717, 1.165) is 4.48 Å². The van der Waals surface area contributed by atoms with Crippen LogP contribution in [0, 0.1) is 0 Å². The number of hydrogen-bond donors (Lipinski definition) is 0. The largest absolute Gasteiger partial charge is 1.00 e. The summed E-state index contributed by atoms with van der Waals surface area (Å²) >= 11 is 0. The van der Waals surface area contributed by atoms with E-state index in [2.05, 4.69) is 28.1 Å². The Labute approximate surface area is 140 Å². The van der Waals surface area contributed by atoms with Crippen LogP contribution in [-0.2, 0) is 0 Å². The normalized spacial score (nSPS) is 11.4. The van der Waals surface area contributed by atoms with E-state index < -0.39 is 0 Å². The maximum atomic E-state index is 2.29. The molecule has 0 saturated heterocycles. The van der Waals surface area contributed by atoms with Gasteiger partial charge in [-0.3, -0.25) is 0 Å². The molecule has 0 aromatic rings. The van der Waals surface area contributed by atoms with Crippen molar-refractivity contribution in [2.75, 3.05) is 27.7 Å². The Kier molecular flexibility index (Phi) is 17.5. The highest BCUT2D eigenvalue weighted by atomic mass is 127. The van der Waals surface area contributed by atoms with Crippen LogP contribution in [0.25, 0.3) is 0 Å². The molecule has 0 aromatic heterocycles. The molecule has 1 nitrogen and oxygen atoms in total. The fourth-order valence-corrected chi connectivity index (χ4v) is 2.43. The van der Waals surface area contributed by atoms with E-state index in [0.29, 0.717) is 0 Å². The van der Waals surface area contributed by atoms with Crippen LogP contribution in [0.1, 0.15) is 84.0 Å². The molecular weight excluding hydrogens is 345 g/mol. The lowest BCUT2D eigenvalue weighted by Crippen LogP contribution is -3.00. The van der Waals surface area contributed by atoms with E-state index in [9.17, 15) is 0 Å². The van der Waals surface area contributed by atoms with E-state index in [4.69, 9.17) is 0 Å². The zero-order valence-electron chi connectivity index (χ0n) is 14.0. The molecule has 0 radical (unpaired) electrons. The monoisotopic (exact) mass is 383 g/mol. The zero-order valence-corrected chi connectivity index (χ0v) is 16.2. The molecule has 0 bridgehead atoms. The molecule has 19 heavy (non-hydrogen) atoms. The number of halogens is 1. The van der Waals surface area contributed by atoms with Gasteiger partial charge in [0.15, 0.2) is 0 Å². The Bertz CT molecular complexity index is 163. The standard InChI is InChI=1S/C17H38N.HI/c1-5-6-7-8-9-10-11-12-13-14-15-16-17-18(2,3)4;/h5-17H2,1-4H3;1H/q+1;/p-1. The molecule has 0 fully saturated rings. The summed E-state index contributed by atoms with van der Waals surface area (Å²) in [5, 5.41) is 0. The average molecular weight is 383 g/mol. The van der Waals surface area contributed by atoms with Gasteiger partial charge in [-0.1, -0.05) is 71.1 Å². The molecule has 0 atom stereocenters. The summed E-state index contributed by atoms with van der Waals surface area (Å²) in [6, 6.07) is 0. The molecule has 0 unspecified atom stereocenters. The van der Waals surface area contributed by atoms with Crippen LogP contribution < -0.4 is 24.0 Å². The minimum atomic E-state index is 0. The lowest BCUT2D eigenvalue weighted by molar-refractivity contribution is -0.870. The van der Waals surface area contributed by atoms with Crippen molar-refractivity contribution in [2.45, 2.75) is 84.0 Å². The number of hydrogen-bond acceptors (Lipinski definition) is 0. The Balaban J connectivity index is 0.